The van der Waals surface area contributed by atoms with E-state index in [4.69, 9.17) is 9.15 Å². The molecule has 0 saturated carbocycles. The number of ether oxygens (including phenoxy) is 1. The lowest BCUT2D eigenvalue weighted by Crippen LogP contribution is -2.19. The van der Waals surface area contributed by atoms with E-state index in [1.54, 1.807) is 13.3 Å². The first-order chi connectivity index (χ1) is 9.20. The standard InChI is InChI=1S/C15H20N2O2/c1-11-8-17-15(19-11)12(2)16-9-13-6-4-5-7-14(13)10-18-3/h4-8,12,16H,9-10H2,1-3H3. The molecule has 0 radical (unpaired) electrons. The van der Waals surface area contributed by atoms with E-state index < -0.39 is 0 Å². The molecular formula is C15H20N2O2. The molecule has 0 saturated heterocycles. The molecular weight excluding hydrogens is 240 g/mol. The predicted molar refractivity (Wildman–Crippen MR) is 73.6 cm³/mol. The van der Waals surface area contributed by atoms with E-state index in [1.165, 1.54) is 11.1 Å². The van der Waals surface area contributed by atoms with Crippen LogP contribution in [0.25, 0.3) is 0 Å². The second-order valence-corrected chi connectivity index (χ2v) is 4.61. The van der Waals surface area contributed by atoms with Gasteiger partial charge in [0.05, 0.1) is 18.8 Å². The Morgan fingerprint density at radius 1 is 1.32 bits per heavy atom. The fraction of sp³-hybridized carbons (Fsp3) is 0.400. The Labute approximate surface area is 113 Å². The van der Waals surface area contributed by atoms with Crippen molar-refractivity contribution in [2.45, 2.75) is 33.0 Å². The first-order valence-electron chi connectivity index (χ1n) is 6.42. The van der Waals surface area contributed by atoms with Crippen molar-refractivity contribution in [1.29, 1.82) is 0 Å². The first kappa shape index (κ1) is 13.8. The van der Waals surface area contributed by atoms with Crippen LogP contribution in [-0.2, 0) is 17.9 Å². The van der Waals surface area contributed by atoms with Crippen LogP contribution >= 0.6 is 0 Å². The monoisotopic (exact) mass is 260 g/mol. The molecule has 1 N–H and O–H groups in total. The van der Waals surface area contributed by atoms with Gasteiger partial charge in [-0.15, -0.1) is 0 Å². The fourth-order valence-electron chi connectivity index (χ4n) is 1.95. The number of aromatic nitrogens is 1. The average Bonchev–Trinajstić information content (AvgIpc) is 2.84. The summed E-state index contributed by atoms with van der Waals surface area (Å²) in [7, 11) is 1.71. The van der Waals surface area contributed by atoms with Crippen molar-refractivity contribution in [3.05, 3.63) is 53.2 Å². The van der Waals surface area contributed by atoms with Crippen LogP contribution < -0.4 is 5.32 Å². The third-order valence-corrected chi connectivity index (χ3v) is 3.03. The summed E-state index contributed by atoms with van der Waals surface area (Å²) in [5, 5.41) is 3.42. The van der Waals surface area contributed by atoms with Crippen LogP contribution in [0.5, 0.6) is 0 Å². The minimum atomic E-state index is 0.0873. The first-order valence-corrected chi connectivity index (χ1v) is 6.42. The second-order valence-electron chi connectivity index (χ2n) is 4.61. The molecule has 0 spiro atoms. The summed E-state index contributed by atoms with van der Waals surface area (Å²) in [6.45, 7) is 5.34. The van der Waals surface area contributed by atoms with Gasteiger partial charge in [-0.25, -0.2) is 4.98 Å². The van der Waals surface area contributed by atoms with E-state index in [2.05, 4.69) is 22.4 Å². The van der Waals surface area contributed by atoms with Gasteiger partial charge in [0, 0.05) is 13.7 Å². The van der Waals surface area contributed by atoms with E-state index in [1.807, 2.05) is 26.0 Å². The van der Waals surface area contributed by atoms with Crippen LogP contribution in [0.4, 0.5) is 0 Å². The average molecular weight is 260 g/mol. The highest BCUT2D eigenvalue weighted by molar-refractivity contribution is 5.26. The maximum Gasteiger partial charge on any atom is 0.211 e. The number of nitrogens with one attached hydrogen (secondary N) is 1. The molecule has 4 heteroatoms. The van der Waals surface area contributed by atoms with Gasteiger partial charge in [-0.3, -0.25) is 0 Å². The van der Waals surface area contributed by atoms with Crippen molar-refractivity contribution >= 4 is 0 Å². The Kier molecular flexibility index (Phi) is 4.71. The van der Waals surface area contributed by atoms with Gasteiger partial charge in [0.2, 0.25) is 5.89 Å². The molecule has 0 fully saturated rings. The molecule has 0 aliphatic carbocycles. The number of methoxy groups -OCH3 is 1. The Morgan fingerprint density at radius 2 is 2.05 bits per heavy atom. The van der Waals surface area contributed by atoms with E-state index in [-0.39, 0.29) is 6.04 Å². The summed E-state index contributed by atoms with van der Waals surface area (Å²) in [5.41, 5.74) is 2.44. The van der Waals surface area contributed by atoms with Crippen molar-refractivity contribution in [1.82, 2.24) is 10.3 Å². The van der Waals surface area contributed by atoms with Crippen LogP contribution in [0.3, 0.4) is 0 Å². The molecule has 0 aliphatic rings. The van der Waals surface area contributed by atoms with E-state index >= 15 is 0 Å². The molecule has 2 aromatic rings. The summed E-state index contributed by atoms with van der Waals surface area (Å²) in [6, 6.07) is 8.34. The maximum atomic E-state index is 5.51. The Morgan fingerprint density at radius 3 is 2.68 bits per heavy atom. The fourth-order valence-corrected chi connectivity index (χ4v) is 1.95. The number of hydrogen-bond donors (Lipinski definition) is 1. The van der Waals surface area contributed by atoms with Crippen molar-refractivity contribution in [3.63, 3.8) is 0 Å². The molecule has 1 aromatic heterocycles. The lowest BCUT2D eigenvalue weighted by Gasteiger charge is -2.13. The number of nitrogens with zero attached hydrogens (tertiary/aromatic N) is 1. The lowest BCUT2D eigenvalue weighted by molar-refractivity contribution is 0.184. The molecule has 4 nitrogen and oxygen atoms in total. The molecule has 0 amide bonds. The molecule has 1 unspecified atom stereocenters. The molecule has 1 aromatic carbocycles. The SMILES string of the molecule is COCc1ccccc1CNC(C)c1ncc(C)o1. The van der Waals surface area contributed by atoms with Crippen molar-refractivity contribution in [3.8, 4) is 0 Å². The Hall–Kier alpha value is -1.65. The molecule has 0 aliphatic heterocycles. The summed E-state index contributed by atoms with van der Waals surface area (Å²) in [6.07, 6.45) is 1.74. The van der Waals surface area contributed by atoms with E-state index in [9.17, 15) is 0 Å². The smallest absolute Gasteiger partial charge is 0.211 e. The highest BCUT2D eigenvalue weighted by atomic mass is 16.5. The molecule has 19 heavy (non-hydrogen) atoms. The summed E-state index contributed by atoms with van der Waals surface area (Å²) >= 11 is 0. The number of aryl methyl sites for hydroxylation is 1. The van der Waals surface area contributed by atoms with Crippen LogP contribution in [0.2, 0.25) is 0 Å². The van der Waals surface area contributed by atoms with Crippen molar-refractivity contribution < 1.29 is 9.15 Å². The number of hydrogen-bond acceptors (Lipinski definition) is 4. The van der Waals surface area contributed by atoms with Crippen LogP contribution in [-0.4, -0.2) is 12.1 Å². The zero-order valence-corrected chi connectivity index (χ0v) is 11.6. The van der Waals surface area contributed by atoms with Crippen molar-refractivity contribution in [2.75, 3.05) is 7.11 Å². The normalized spacial score (nSPS) is 12.6. The van der Waals surface area contributed by atoms with Crippen LogP contribution in [0, 0.1) is 6.92 Å². The molecule has 2 rings (SSSR count). The van der Waals surface area contributed by atoms with Gasteiger partial charge in [0.15, 0.2) is 0 Å². The largest absolute Gasteiger partial charge is 0.444 e. The molecule has 0 bridgehead atoms. The lowest BCUT2D eigenvalue weighted by atomic mass is 10.1. The van der Waals surface area contributed by atoms with Gasteiger partial charge in [0.1, 0.15) is 5.76 Å². The Balaban J connectivity index is 1.98. The summed E-state index contributed by atoms with van der Waals surface area (Å²) in [5.74, 6) is 1.56. The quantitative estimate of drug-likeness (QED) is 0.867. The highest BCUT2D eigenvalue weighted by Crippen LogP contribution is 2.15. The van der Waals surface area contributed by atoms with Crippen LogP contribution in [0.1, 0.15) is 35.7 Å². The van der Waals surface area contributed by atoms with Gasteiger partial charge < -0.3 is 14.5 Å². The van der Waals surface area contributed by atoms with Crippen molar-refractivity contribution in [2.24, 2.45) is 0 Å². The van der Waals surface area contributed by atoms with Gasteiger partial charge in [-0.2, -0.15) is 0 Å². The molecule has 1 heterocycles. The van der Waals surface area contributed by atoms with Gasteiger partial charge in [-0.05, 0) is 25.0 Å². The molecule has 102 valence electrons. The zero-order chi connectivity index (χ0) is 13.7. The number of oxazole rings is 1. The zero-order valence-electron chi connectivity index (χ0n) is 11.6. The van der Waals surface area contributed by atoms with Gasteiger partial charge in [0.25, 0.3) is 0 Å². The summed E-state index contributed by atoms with van der Waals surface area (Å²) in [4.78, 5) is 4.23. The molecule has 1 atom stereocenters. The minimum Gasteiger partial charge on any atom is -0.444 e. The van der Waals surface area contributed by atoms with Gasteiger partial charge >= 0.3 is 0 Å². The summed E-state index contributed by atoms with van der Waals surface area (Å²) < 4.78 is 10.7. The van der Waals surface area contributed by atoms with Gasteiger partial charge in [-0.1, -0.05) is 24.3 Å². The maximum absolute atomic E-state index is 5.51. The number of rotatable bonds is 6. The number of benzene rings is 1. The minimum absolute atomic E-state index is 0.0873. The highest BCUT2D eigenvalue weighted by Gasteiger charge is 2.11. The Bertz CT molecular complexity index is 522. The third kappa shape index (κ3) is 3.66. The third-order valence-electron chi connectivity index (χ3n) is 3.03. The second kappa shape index (κ2) is 6.50. The van der Waals surface area contributed by atoms with E-state index in [0.717, 1.165) is 18.2 Å². The predicted octanol–water partition coefficient (Wildman–Crippen LogP) is 2.98. The van der Waals surface area contributed by atoms with E-state index in [0.29, 0.717) is 6.61 Å². The van der Waals surface area contributed by atoms with Crippen LogP contribution in [0.15, 0.2) is 34.9 Å². The topological polar surface area (TPSA) is 47.3 Å².